The first-order chi connectivity index (χ1) is 14.9. The number of nitrogens with one attached hydrogen (secondary N) is 1. The molecule has 1 unspecified atom stereocenters. The van der Waals surface area contributed by atoms with Crippen molar-refractivity contribution in [2.75, 3.05) is 5.32 Å². The summed E-state index contributed by atoms with van der Waals surface area (Å²) in [4.78, 5) is 26.5. The molecule has 2 aromatic carbocycles. The Bertz CT molecular complexity index is 1300. The van der Waals surface area contributed by atoms with Crippen LogP contribution in [0.1, 0.15) is 36.3 Å². The Hall–Kier alpha value is -3.67. The number of hydrogen-bond acceptors (Lipinski definition) is 3. The van der Waals surface area contributed by atoms with Gasteiger partial charge < -0.3 is 9.88 Å². The van der Waals surface area contributed by atoms with E-state index in [4.69, 9.17) is 0 Å². The fourth-order valence-electron chi connectivity index (χ4n) is 4.15. The summed E-state index contributed by atoms with van der Waals surface area (Å²) < 4.78 is 3.37. The maximum absolute atomic E-state index is 13.3. The molecule has 6 nitrogen and oxygen atoms in total. The van der Waals surface area contributed by atoms with Gasteiger partial charge in [-0.2, -0.15) is 9.78 Å². The van der Waals surface area contributed by atoms with Crippen molar-refractivity contribution >= 4 is 22.4 Å². The summed E-state index contributed by atoms with van der Waals surface area (Å²) in [6, 6.07) is 16.6. The number of fused-ring (bicyclic) bond motifs is 1. The lowest BCUT2D eigenvalue weighted by Crippen LogP contribution is -2.27. The van der Waals surface area contributed by atoms with Crippen LogP contribution in [-0.4, -0.2) is 20.3 Å². The zero-order chi connectivity index (χ0) is 22.1. The molecule has 1 atom stereocenters. The molecule has 0 fully saturated rings. The van der Waals surface area contributed by atoms with Gasteiger partial charge in [0.2, 0.25) is 5.91 Å². The third kappa shape index (κ3) is 3.65. The van der Waals surface area contributed by atoms with Crippen molar-refractivity contribution in [1.29, 1.82) is 0 Å². The second-order valence-electron chi connectivity index (χ2n) is 7.81. The van der Waals surface area contributed by atoms with Crippen LogP contribution in [0.4, 0.5) is 5.69 Å². The molecule has 0 saturated carbocycles. The number of aromatic nitrogens is 3. The van der Waals surface area contributed by atoms with Crippen LogP contribution in [0, 0.1) is 20.8 Å². The van der Waals surface area contributed by atoms with Gasteiger partial charge >= 0.3 is 0 Å². The van der Waals surface area contributed by atoms with Gasteiger partial charge in [-0.15, -0.1) is 0 Å². The summed E-state index contributed by atoms with van der Waals surface area (Å²) in [5.41, 5.74) is 4.06. The van der Waals surface area contributed by atoms with E-state index in [2.05, 4.69) is 10.4 Å². The average molecular weight is 415 g/mol. The van der Waals surface area contributed by atoms with Gasteiger partial charge in [-0.1, -0.05) is 42.8 Å². The van der Waals surface area contributed by atoms with Crippen molar-refractivity contribution in [2.45, 2.75) is 40.2 Å². The topological polar surface area (TPSA) is 68.9 Å². The molecule has 0 spiro atoms. The number of anilines is 1. The number of hydrogen-bond donors (Lipinski definition) is 1. The number of benzene rings is 2. The predicted molar refractivity (Wildman–Crippen MR) is 124 cm³/mol. The van der Waals surface area contributed by atoms with Crippen LogP contribution < -0.4 is 10.9 Å². The summed E-state index contributed by atoms with van der Waals surface area (Å²) >= 11 is 0. The van der Waals surface area contributed by atoms with Gasteiger partial charge in [-0.3, -0.25) is 9.59 Å². The Kier molecular flexibility index (Phi) is 5.46. The minimum Gasteiger partial charge on any atom is -0.335 e. The lowest BCUT2D eigenvalue weighted by Gasteiger charge is -2.21. The van der Waals surface area contributed by atoms with E-state index in [0.29, 0.717) is 17.5 Å². The van der Waals surface area contributed by atoms with Crippen molar-refractivity contribution < 1.29 is 4.79 Å². The third-order valence-electron chi connectivity index (χ3n) is 5.77. The Morgan fingerprint density at radius 1 is 1.00 bits per heavy atom. The van der Waals surface area contributed by atoms with Crippen molar-refractivity contribution in [2.24, 2.45) is 0 Å². The molecule has 0 saturated heterocycles. The lowest BCUT2D eigenvalue weighted by molar-refractivity contribution is -0.119. The molecule has 1 N–H and O–H groups in total. The number of carbonyl (C=O) groups excluding carboxylic acids is 1. The first kappa shape index (κ1) is 20.6. The number of nitrogens with zero attached hydrogens (tertiary/aromatic N) is 3. The van der Waals surface area contributed by atoms with E-state index in [0.717, 1.165) is 28.0 Å². The van der Waals surface area contributed by atoms with E-state index in [1.807, 2.05) is 86.9 Å². The van der Waals surface area contributed by atoms with E-state index in [9.17, 15) is 9.59 Å². The normalized spacial score (nSPS) is 12.1. The molecule has 1 amide bonds. The summed E-state index contributed by atoms with van der Waals surface area (Å²) in [7, 11) is 0. The number of aryl methyl sites for hydroxylation is 3. The Morgan fingerprint density at radius 3 is 2.32 bits per heavy atom. The van der Waals surface area contributed by atoms with Crippen molar-refractivity contribution in [1.82, 2.24) is 14.3 Å². The standard InChI is InChI=1S/C25H26N4O2/c1-5-22(24(30)27-19-13-11-16(2)12-14-19)28-17(3)21-15-26-29(20-9-7-6-8-10-20)25(31)23(21)18(28)4/h6-15,22H,5H2,1-4H3,(H,27,30). The van der Waals surface area contributed by atoms with Gasteiger partial charge in [0.05, 0.1) is 17.3 Å². The van der Waals surface area contributed by atoms with Gasteiger partial charge in [0.25, 0.3) is 5.56 Å². The van der Waals surface area contributed by atoms with Crippen LogP contribution >= 0.6 is 0 Å². The van der Waals surface area contributed by atoms with Gasteiger partial charge in [-0.25, -0.2) is 0 Å². The molecule has 2 aromatic heterocycles. The molecule has 0 aliphatic carbocycles. The van der Waals surface area contributed by atoms with Crippen LogP contribution in [0.25, 0.3) is 16.5 Å². The smallest absolute Gasteiger partial charge is 0.281 e. The molecule has 0 bridgehead atoms. The molecule has 2 heterocycles. The highest BCUT2D eigenvalue weighted by molar-refractivity contribution is 5.95. The summed E-state index contributed by atoms with van der Waals surface area (Å²) in [6.07, 6.45) is 2.31. The molecule has 6 heteroatoms. The molecule has 0 aliphatic heterocycles. The lowest BCUT2D eigenvalue weighted by atomic mass is 10.1. The number of amides is 1. The zero-order valence-corrected chi connectivity index (χ0v) is 18.2. The Labute approximate surface area is 181 Å². The van der Waals surface area contributed by atoms with Gasteiger partial charge in [0.1, 0.15) is 6.04 Å². The quantitative estimate of drug-likeness (QED) is 0.515. The molecular weight excluding hydrogens is 388 g/mol. The van der Waals surface area contributed by atoms with Crippen LogP contribution in [0.15, 0.2) is 65.6 Å². The minimum absolute atomic E-state index is 0.103. The van der Waals surface area contributed by atoms with E-state index >= 15 is 0 Å². The van der Waals surface area contributed by atoms with Crippen LogP contribution in [-0.2, 0) is 4.79 Å². The highest BCUT2D eigenvalue weighted by Gasteiger charge is 2.25. The SMILES string of the molecule is CCC(C(=O)Nc1ccc(C)cc1)n1c(C)c2cnn(-c3ccccc3)c(=O)c2c1C. The zero-order valence-electron chi connectivity index (χ0n) is 18.2. The average Bonchev–Trinajstić information content (AvgIpc) is 3.02. The number of para-hydroxylation sites is 1. The summed E-state index contributed by atoms with van der Waals surface area (Å²) in [6.45, 7) is 7.82. The maximum Gasteiger partial charge on any atom is 0.281 e. The number of carbonyl (C=O) groups is 1. The molecule has 158 valence electrons. The van der Waals surface area contributed by atoms with Gasteiger partial charge in [0.15, 0.2) is 0 Å². The first-order valence-corrected chi connectivity index (χ1v) is 10.4. The summed E-state index contributed by atoms with van der Waals surface area (Å²) in [5.74, 6) is -0.103. The van der Waals surface area contributed by atoms with Gasteiger partial charge in [-0.05, 0) is 51.5 Å². The molecule has 4 rings (SSSR count). The van der Waals surface area contributed by atoms with Crippen LogP contribution in [0.5, 0.6) is 0 Å². The molecule has 0 radical (unpaired) electrons. The second-order valence-corrected chi connectivity index (χ2v) is 7.81. The largest absolute Gasteiger partial charge is 0.335 e. The molecular formula is C25H26N4O2. The van der Waals surface area contributed by atoms with Gasteiger partial charge in [0, 0.05) is 22.5 Å². The number of rotatable bonds is 5. The minimum atomic E-state index is -0.432. The highest BCUT2D eigenvalue weighted by atomic mass is 16.2. The monoisotopic (exact) mass is 414 g/mol. The maximum atomic E-state index is 13.3. The third-order valence-corrected chi connectivity index (χ3v) is 5.77. The fraction of sp³-hybridized carbons (Fsp3) is 0.240. The fourth-order valence-corrected chi connectivity index (χ4v) is 4.15. The Morgan fingerprint density at radius 2 is 1.68 bits per heavy atom. The van der Waals surface area contributed by atoms with Crippen LogP contribution in [0.3, 0.4) is 0 Å². The Balaban J connectivity index is 1.79. The van der Waals surface area contributed by atoms with E-state index in [-0.39, 0.29) is 11.5 Å². The van der Waals surface area contributed by atoms with Crippen molar-refractivity contribution in [3.8, 4) is 5.69 Å². The molecule has 4 aromatic rings. The van der Waals surface area contributed by atoms with E-state index in [1.54, 1.807) is 6.20 Å². The van der Waals surface area contributed by atoms with E-state index in [1.165, 1.54) is 4.68 Å². The van der Waals surface area contributed by atoms with Crippen molar-refractivity contribution in [3.63, 3.8) is 0 Å². The first-order valence-electron chi connectivity index (χ1n) is 10.4. The second kappa shape index (κ2) is 8.22. The van der Waals surface area contributed by atoms with Crippen molar-refractivity contribution in [3.05, 3.63) is 88.1 Å². The molecule has 31 heavy (non-hydrogen) atoms. The van der Waals surface area contributed by atoms with E-state index < -0.39 is 6.04 Å². The highest BCUT2D eigenvalue weighted by Crippen LogP contribution is 2.28. The molecule has 0 aliphatic rings. The predicted octanol–water partition coefficient (Wildman–Crippen LogP) is 4.70. The summed E-state index contributed by atoms with van der Waals surface area (Å²) in [5, 5.41) is 8.77. The van der Waals surface area contributed by atoms with Crippen LogP contribution in [0.2, 0.25) is 0 Å².